The van der Waals surface area contributed by atoms with E-state index in [0.29, 0.717) is 5.92 Å². The van der Waals surface area contributed by atoms with Gasteiger partial charge in [-0.2, -0.15) is 0 Å². The Balaban J connectivity index is 2.03. The van der Waals surface area contributed by atoms with Gasteiger partial charge < -0.3 is 0 Å². The Labute approximate surface area is 85.0 Å². The minimum Gasteiger partial charge on any atom is -0.0873 e. The predicted molar refractivity (Wildman–Crippen MR) is 59.9 cm³/mol. The summed E-state index contributed by atoms with van der Waals surface area (Å²) in [4.78, 5) is 0. The van der Waals surface area contributed by atoms with Crippen LogP contribution in [0.4, 0.5) is 0 Å². The van der Waals surface area contributed by atoms with Crippen molar-refractivity contribution in [2.24, 2.45) is 5.92 Å². The minimum atomic E-state index is 0.693. The van der Waals surface area contributed by atoms with Gasteiger partial charge in [0, 0.05) is 5.92 Å². The molecule has 70 valence electrons. The first-order valence-corrected chi connectivity index (χ1v) is 5.37. The lowest BCUT2D eigenvalue weighted by Gasteiger charge is -2.26. The highest BCUT2D eigenvalue weighted by Crippen LogP contribution is 2.36. The molecule has 0 radical (unpaired) electrons. The summed E-state index contributed by atoms with van der Waals surface area (Å²) in [6.07, 6.45) is 19.6. The van der Waals surface area contributed by atoms with Gasteiger partial charge >= 0.3 is 0 Å². The van der Waals surface area contributed by atoms with E-state index in [1.807, 2.05) is 0 Å². The fourth-order valence-corrected chi connectivity index (χ4v) is 2.45. The quantitative estimate of drug-likeness (QED) is 0.501. The van der Waals surface area contributed by atoms with Gasteiger partial charge in [0.2, 0.25) is 0 Å². The Morgan fingerprint density at radius 3 is 3.07 bits per heavy atom. The van der Waals surface area contributed by atoms with Gasteiger partial charge in [0.1, 0.15) is 0 Å². The first kappa shape index (κ1) is 8.05. The summed E-state index contributed by atoms with van der Waals surface area (Å²) < 4.78 is 0. The van der Waals surface area contributed by atoms with Crippen LogP contribution in [0, 0.1) is 5.92 Å². The number of hydrogen-bond donors (Lipinski definition) is 0. The molecule has 0 saturated carbocycles. The first-order valence-electron chi connectivity index (χ1n) is 5.37. The zero-order valence-corrected chi connectivity index (χ0v) is 8.24. The number of fused-ring (bicyclic) bond motifs is 2. The van der Waals surface area contributed by atoms with Crippen molar-refractivity contribution in [2.75, 3.05) is 0 Å². The van der Waals surface area contributed by atoms with Crippen LogP contribution in [0.15, 0.2) is 59.3 Å². The van der Waals surface area contributed by atoms with Crippen LogP contribution in [0.25, 0.3) is 0 Å². The molecule has 0 aromatic heterocycles. The fourth-order valence-electron chi connectivity index (χ4n) is 2.45. The van der Waals surface area contributed by atoms with Crippen molar-refractivity contribution >= 4 is 0 Å². The maximum Gasteiger partial charge on any atom is 0.00238 e. The van der Waals surface area contributed by atoms with E-state index < -0.39 is 0 Å². The van der Waals surface area contributed by atoms with Crippen molar-refractivity contribution in [2.45, 2.75) is 19.3 Å². The van der Waals surface area contributed by atoms with Gasteiger partial charge in [0.25, 0.3) is 0 Å². The molecule has 0 heterocycles. The maximum atomic E-state index is 2.47. The highest BCUT2D eigenvalue weighted by molar-refractivity contribution is 5.52. The van der Waals surface area contributed by atoms with Crippen molar-refractivity contribution in [1.82, 2.24) is 0 Å². The average Bonchev–Trinajstić information content (AvgIpc) is 2.26. The SMILES string of the molecule is C1=CCC2=CC3CC=CCC3=CC2=C1. The van der Waals surface area contributed by atoms with Gasteiger partial charge in [-0.25, -0.2) is 0 Å². The Bertz CT molecular complexity index is 400. The molecule has 3 rings (SSSR count). The molecule has 0 aliphatic heterocycles. The molecule has 0 nitrogen and oxygen atoms in total. The maximum absolute atomic E-state index is 2.47. The molecule has 14 heavy (non-hydrogen) atoms. The van der Waals surface area contributed by atoms with Gasteiger partial charge in [-0.3, -0.25) is 0 Å². The highest BCUT2D eigenvalue weighted by Gasteiger charge is 2.20. The van der Waals surface area contributed by atoms with Crippen LogP contribution in [-0.2, 0) is 0 Å². The van der Waals surface area contributed by atoms with Crippen molar-refractivity contribution < 1.29 is 0 Å². The molecule has 0 fully saturated rings. The van der Waals surface area contributed by atoms with Gasteiger partial charge in [-0.05, 0) is 30.4 Å². The molecule has 3 aliphatic carbocycles. The lowest BCUT2D eigenvalue weighted by molar-refractivity contribution is 0.712. The summed E-state index contributed by atoms with van der Waals surface area (Å²) in [6.45, 7) is 0. The lowest BCUT2D eigenvalue weighted by Crippen LogP contribution is -2.10. The first-order chi connectivity index (χ1) is 6.93. The van der Waals surface area contributed by atoms with E-state index in [1.54, 1.807) is 5.57 Å². The van der Waals surface area contributed by atoms with Crippen LogP contribution < -0.4 is 0 Å². The highest BCUT2D eigenvalue weighted by atomic mass is 14.2. The molecular weight excluding hydrogens is 168 g/mol. The number of allylic oxidation sites excluding steroid dienone is 10. The second kappa shape index (κ2) is 3.13. The molecule has 0 N–H and O–H groups in total. The Hall–Kier alpha value is -1.30. The van der Waals surface area contributed by atoms with Crippen molar-refractivity contribution in [1.29, 1.82) is 0 Å². The summed E-state index contributed by atoms with van der Waals surface area (Å²) in [5.74, 6) is 0.693. The molecule has 0 aromatic carbocycles. The zero-order chi connectivity index (χ0) is 9.38. The lowest BCUT2D eigenvalue weighted by atomic mass is 9.79. The van der Waals surface area contributed by atoms with Gasteiger partial charge in [0.15, 0.2) is 0 Å². The van der Waals surface area contributed by atoms with Crippen LogP contribution in [0.5, 0.6) is 0 Å². The predicted octanol–water partition coefficient (Wildman–Crippen LogP) is 3.71. The fraction of sp³-hybridized carbons (Fsp3) is 0.286. The Morgan fingerprint density at radius 2 is 2.07 bits per heavy atom. The topological polar surface area (TPSA) is 0 Å². The number of rotatable bonds is 0. The van der Waals surface area contributed by atoms with Gasteiger partial charge in [0.05, 0.1) is 0 Å². The normalized spacial score (nSPS) is 28.6. The molecular formula is C14H14. The molecule has 0 saturated heterocycles. The standard InChI is InChI=1S/C14H14/c1-2-6-12-10-14-8-4-3-7-13(14)9-11(12)5-1/h1-5,9-10,14H,6-8H2. The molecule has 0 aromatic rings. The summed E-state index contributed by atoms with van der Waals surface area (Å²) in [6, 6.07) is 0. The summed E-state index contributed by atoms with van der Waals surface area (Å²) >= 11 is 0. The average molecular weight is 182 g/mol. The number of hydrogen-bond acceptors (Lipinski definition) is 0. The van der Waals surface area contributed by atoms with E-state index in [2.05, 4.69) is 42.5 Å². The van der Waals surface area contributed by atoms with Crippen LogP contribution in [0.3, 0.4) is 0 Å². The van der Waals surface area contributed by atoms with Gasteiger partial charge in [-0.1, -0.05) is 48.1 Å². The summed E-state index contributed by atoms with van der Waals surface area (Å²) in [5.41, 5.74) is 4.56. The van der Waals surface area contributed by atoms with E-state index in [9.17, 15) is 0 Å². The molecule has 0 bridgehead atoms. The zero-order valence-electron chi connectivity index (χ0n) is 8.24. The Kier molecular flexibility index (Phi) is 1.80. The minimum absolute atomic E-state index is 0.693. The second-order valence-electron chi connectivity index (χ2n) is 4.18. The van der Waals surface area contributed by atoms with E-state index >= 15 is 0 Å². The van der Waals surface area contributed by atoms with Crippen LogP contribution in [0.2, 0.25) is 0 Å². The van der Waals surface area contributed by atoms with E-state index in [4.69, 9.17) is 0 Å². The third-order valence-electron chi connectivity index (χ3n) is 3.25. The van der Waals surface area contributed by atoms with E-state index in [1.165, 1.54) is 17.6 Å². The molecule has 3 aliphatic rings. The largest absolute Gasteiger partial charge is 0.0873 e. The van der Waals surface area contributed by atoms with E-state index in [-0.39, 0.29) is 0 Å². The molecule has 0 heteroatoms. The third-order valence-corrected chi connectivity index (χ3v) is 3.25. The van der Waals surface area contributed by atoms with Crippen molar-refractivity contribution in [3.05, 3.63) is 59.3 Å². The molecule has 1 unspecified atom stereocenters. The molecule has 1 atom stereocenters. The van der Waals surface area contributed by atoms with Crippen LogP contribution in [0.1, 0.15) is 19.3 Å². The third kappa shape index (κ3) is 1.22. The van der Waals surface area contributed by atoms with Crippen molar-refractivity contribution in [3.8, 4) is 0 Å². The van der Waals surface area contributed by atoms with Crippen LogP contribution >= 0.6 is 0 Å². The summed E-state index contributed by atoms with van der Waals surface area (Å²) in [5, 5.41) is 0. The van der Waals surface area contributed by atoms with E-state index in [0.717, 1.165) is 12.8 Å². The van der Waals surface area contributed by atoms with Crippen LogP contribution in [-0.4, -0.2) is 0 Å². The smallest absolute Gasteiger partial charge is 0.00238 e. The second-order valence-corrected chi connectivity index (χ2v) is 4.18. The summed E-state index contributed by atoms with van der Waals surface area (Å²) in [7, 11) is 0. The molecule has 0 amide bonds. The van der Waals surface area contributed by atoms with Gasteiger partial charge in [-0.15, -0.1) is 0 Å². The monoisotopic (exact) mass is 182 g/mol. The van der Waals surface area contributed by atoms with Crippen molar-refractivity contribution in [3.63, 3.8) is 0 Å². The Morgan fingerprint density at radius 1 is 1.07 bits per heavy atom. The molecule has 0 spiro atoms.